The quantitative estimate of drug-likeness (QED) is 0.761. The van der Waals surface area contributed by atoms with Crippen LogP contribution in [0.15, 0.2) is 42.4 Å². The van der Waals surface area contributed by atoms with Gasteiger partial charge >= 0.3 is 0 Å². The Labute approximate surface area is 104 Å². The predicted octanol–water partition coefficient (Wildman–Crippen LogP) is 2.67. The van der Waals surface area contributed by atoms with E-state index in [1.807, 2.05) is 30.4 Å². The number of hydrogen-bond acceptors (Lipinski definition) is 4. The maximum Gasteiger partial charge on any atom is 0.231 e. The fourth-order valence-corrected chi connectivity index (χ4v) is 2.54. The van der Waals surface area contributed by atoms with Crippen LogP contribution in [0.4, 0.5) is 0 Å². The first kappa shape index (κ1) is 9.88. The maximum absolute atomic E-state index is 5.93. The van der Waals surface area contributed by atoms with Gasteiger partial charge in [-0.2, -0.15) is 0 Å². The van der Waals surface area contributed by atoms with Crippen LogP contribution in [0.1, 0.15) is 18.1 Å². The van der Waals surface area contributed by atoms with Crippen molar-refractivity contribution in [3.8, 4) is 11.5 Å². The van der Waals surface area contributed by atoms with Crippen molar-refractivity contribution in [2.45, 2.75) is 18.6 Å². The minimum absolute atomic E-state index is 0.0261. The second-order valence-corrected chi connectivity index (χ2v) is 4.45. The Morgan fingerprint density at radius 1 is 1.11 bits per heavy atom. The second-order valence-electron chi connectivity index (χ2n) is 4.45. The van der Waals surface area contributed by atoms with Crippen LogP contribution in [-0.2, 0) is 9.47 Å². The van der Waals surface area contributed by atoms with Gasteiger partial charge in [0.2, 0.25) is 6.79 Å². The highest BCUT2D eigenvalue weighted by atomic mass is 16.7. The molecule has 0 aromatic heterocycles. The molecule has 1 aromatic carbocycles. The van der Waals surface area contributed by atoms with Crippen LogP contribution in [0.25, 0.3) is 0 Å². The third kappa shape index (κ3) is 1.38. The fourth-order valence-electron chi connectivity index (χ4n) is 2.54. The van der Waals surface area contributed by atoms with Gasteiger partial charge in [0.15, 0.2) is 17.6 Å². The van der Waals surface area contributed by atoms with Gasteiger partial charge < -0.3 is 18.9 Å². The molecule has 4 nitrogen and oxygen atoms in total. The summed E-state index contributed by atoms with van der Waals surface area (Å²) in [4.78, 5) is 0. The van der Waals surface area contributed by atoms with Crippen molar-refractivity contribution in [2.24, 2.45) is 0 Å². The predicted molar refractivity (Wildman–Crippen MR) is 63.1 cm³/mol. The molecule has 1 fully saturated rings. The van der Waals surface area contributed by atoms with Gasteiger partial charge in [-0.15, -0.1) is 0 Å². The molecule has 4 rings (SSSR count). The summed E-state index contributed by atoms with van der Waals surface area (Å²) >= 11 is 0. The first-order valence-electron chi connectivity index (χ1n) is 5.99. The first-order chi connectivity index (χ1) is 8.92. The Morgan fingerprint density at radius 3 is 3.06 bits per heavy atom. The molecule has 3 aliphatic heterocycles. The average Bonchev–Trinajstić information content (AvgIpc) is 3.04. The third-order valence-electron chi connectivity index (χ3n) is 3.38. The van der Waals surface area contributed by atoms with Gasteiger partial charge in [-0.3, -0.25) is 0 Å². The van der Waals surface area contributed by atoms with Gasteiger partial charge in [0.05, 0.1) is 6.26 Å². The molecule has 1 saturated heterocycles. The zero-order valence-corrected chi connectivity index (χ0v) is 9.67. The van der Waals surface area contributed by atoms with E-state index >= 15 is 0 Å². The number of rotatable bonds is 1. The third-order valence-corrected chi connectivity index (χ3v) is 3.38. The lowest BCUT2D eigenvalue weighted by Gasteiger charge is -2.12. The Morgan fingerprint density at radius 2 is 2.11 bits per heavy atom. The van der Waals surface area contributed by atoms with E-state index < -0.39 is 0 Å². The summed E-state index contributed by atoms with van der Waals surface area (Å²) in [7, 11) is 0. The molecule has 4 heteroatoms. The SMILES string of the molecule is C1=COC2CC(c3cccc4c3OCO4)OC2=C1. The summed E-state index contributed by atoms with van der Waals surface area (Å²) in [6, 6.07) is 5.89. The molecule has 0 bridgehead atoms. The highest BCUT2D eigenvalue weighted by Crippen LogP contribution is 2.45. The topological polar surface area (TPSA) is 36.9 Å². The minimum Gasteiger partial charge on any atom is -0.490 e. The highest BCUT2D eigenvalue weighted by molar-refractivity contribution is 5.49. The van der Waals surface area contributed by atoms with Crippen molar-refractivity contribution >= 4 is 0 Å². The Hall–Kier alpha value is -2.10. The van der Waals surface area contributed by atoms with E-state index in [1.165, 1.54) is 0 Å². The van der Waals surface area contributed by atoms with E-state index in [2.05, 4.69) is 0 Å². The van der Waals surface area contributed by atoms with Crippen LogP contribution in [0.5, 0.6) is 11.5 Å². The van der Waals surface area contributed by atoms with E-state index in [-0.39, 0.29) is 19.0 Å². The van der Waals surface area contributed by atoms with Crippen molar-refractivity contribution in [2.75, 3.05) is 6.79 Å². The van der Waals surface area contributed by atoms with Gasteiger partial charge in [0, 0.05) is 12.0 Å². The molecule has 0 aliphatic carbocycles. The van der Waals surface area contributed by atoms with Crippen molar-refractivity contribution < 1.29 is 18.9 Å². The molecule has 1 aromatic rings. The summed E-state index contributed by atoms with van der Waals surface area (Å²) in [6.45, 7) is 0.281. The fraction of sp³-hybridized carbons (Fsp3) is 0.286. The standard InChI is InChI=1S/C14H12O4/c1-3-9(14-11(4-1)16-8-17-14)12-7-13-10(18-12)5-2-6-15-13/h1-6,12-13H,7-8H2. The summed E-state index contributed by atoms with van der Waals surface area (Å²) in [6.07, 6.45) is 6.30. The monoisotopic (exact) mass is 244 g/mol. The molecular weight excluding hydrogens is 232 g/mol. The average molecular weight is 244 g/mol. The van der Waals surface area contributed by atoms with Gasteiger partial charge in [-0.1, -0.05) is 12.1 Å². The van der Waals surface area contributed by atoms with Gasteiger partial charge in [-0.05, 0) is 18.2 Å². The van der Waals surface area contributed by atoms with Crippen molar-refractivity contribution in [3.05, 3.63) is 47.9 Å². The molecule has 0 saturated carbocycles. The lowest BCUT2D eigenvalue weighted by molar-refractivity contribution is 0.140. The molecule has 0 radical (unpaired) electrons. The van der Waals surface area contributed by atoms with Crippen LogP contribution in [-0.4, -0.2) is 12.9 Å². The highest BCUT2D eigenvalue weighted by Gasteiger charge is 2.36. The molecule has 3 heterocycles. The number of benzene rings is 1. The van der Waals surface area contributed by atoms with Crippen LogP contribution < -0.4 is 9.47 Å². The van der Waals surface area contributed by atoms with Crippen molar-refractivity contribution in [1.29, 1.82) is 0 Å². The molecule has 0 spiro atoms. The first-order valence-corrected chi connectivity index (χ1v) is 5.99. The number of allylic oxidation sites excluding steroid dienone is 2. The van der Waals surface area contributed by atoms with Crippen LogP contribution in [0.3, 0.4) is 0 Å². The number of ether oxygens (including phenoxy) is 4. The molecular formula is C14H12O4. The lowest BCUT2D eigenvalue weighted by atomic mass is 10.0. The number of para-hydroxylation sites is 1. The van der Waals surface area contributed by atoms with E-state index in [9.17, 15) is 0 Å². The van der Waals surface area contributed by atoms with Crippen LogP contribution in [0.2, 0.25) is 0 Å². The number of hydrogen-bond donors (Lipinski definition) is 0. The zero-order valence-electron chi connectivity index (χ0n) is 9.67. The maximum atomic E-state index is 5.93. The smallest absolute Gasteiger partial charge is 0.231 e. The zero-order chi connectivity index (χ0) is 11.9. The summed E-state index contributed by atoms with van der Waals surface area (Å²) in [5.41, 5.74) is 1.03. The molecule has 2 atom stereocenters. The largest absolute Gasteiger partial charge is 0.490 e. The second kappa shape index (κ2) is 3.70. The van der Waals surface area contributed by atoms with Crippen LogP contribution in [0, 0.1) is 0 Å². The van der Waals surface area contributed by atoms with Gasteiger partial charge in [0.25, 0.3) is 0 Å². The molecule has 0 N–H and O–H groups in total. The lowest BCUT2D eigenvalue weighted by Crippen LogP contribution is -2.08. The Bertz CT molecular complexity index is 547. The van der Waals surface area contributed by atoms with E-state index in [1.54, 1.807) is 6.26 Å². The molecule has 3 aliphatic rings. The summed E-state index contributed by atoms with van der Waals surface area (Å²) in [5.74, 6) is 2.48. The van der Waals surface area contributed by atoms with E-state index in [0.29, 0.717) is 0 Å². The van der Waals surface area contributed by atoms with E-state index in [0.717, 1.165) is 29.2 Å². The minimum atomic E-state index is -0.0298. The van der Waals surface area contributed by atoms with Crippen molar-refractivity contribution in [3.63, 3.8) is 0 Å². The Balaban J connectivity index is 1.68. The van der Waals surface area contributed by atoms with Gasteiger partial charge in [-0.25, -0.2) is 0 Å². The summed E-state index contributed by atoms with van der Waals surface area (Å²) < 4.78 is 22.4. The van der Waals surface area contributed by atoms with Gasteiger partial charge in [0.1, 0.15) is 11.9 Å². The Kier molecular flexibility index (Phi) is 2.03. The molecule has 18 heavy (non-hydrogen) atoms. The normalized spacial score (nSPS) is 27.2. The summed E-state index contributed by atoms with van der Waals surface area (Å²) in [5, 5.41) is 0. The van der Waals surface area contributed by atoms with Crippen molar-refractivity contribution in [1.82, 2.24) is 0 Å². The molecule has 2 unspecified atom stereocenters. The van der Waals surface area contributed by atoms with Crippen LogP contribution >= 0.6 is 0 Å². The molecule has 92 valence electrons. The molecule has 0 amide bonds. The number of fused-ring (bicyclic) bond motifs is 2. The van der Waals surface area contributed by atoms with E-state index in [4.69, 9.17) is 18.9 Å².